The van der Waals surface area contributed by atoms with Crippen LogP contribution < -0.4 is 0 Å². The van der Waals surface area contributed by atoms with E-state index in [1.807, 2.05) is 0 Å². The summed E-state index contributed by atoms with van der Waals surface area (Å²) in [5.74, 6) is -0.446. The quantitative estimate of drug-likeness (QED) is 0.468. The van der Waals surface area contributed by atoms with Gasteiger partial charge in [0.2, 0.25) is 0 Å². The molecule has 0 radical (unpaired) electrons. The number of aliphatic hydroxyl groups is 2. The van der Waals surface area contributed by atoms with Gasteiger partial charge in [0.25, 0.3) is 0 Å². The first kappa shape index (κ1) is 7.50. The van der Waals surface area contributed by atoms with Crippen molar-refractivity contribution in [2.45, 2.75) is 31.7 Å². The van der Waals surface area contributed by atoms with Crippen LogP contribution in [0.15, 0.2) is 0 Å². The zero-order chi connectivity index (χ0) is 7.72. The molecule has 1 saturated heterocycles. The van der Waals surface area contributed by atoms with Gasteiger partial charge >= 0.3 is 5.97 Å². The van der Waals surface area contributed by atoms with Crippen molar-refractivity contribution in [3.63, 3.8) is 0 Å². The Labute approximate surface area is 58.4 Å². The lowest BCUT2D eigenvalue weighted by Crippen LogP contribution is -2.31. The third kappa shape index (κ3) is 1.27. The van der Waals surface area contributed by atoms with Crippen molar-refractivity contribution in [3.8, 4) is 0 Å². The van der Waals surface area contributed by atoms with E-state index in [1.165, 1.54) is 6.92 Å². The summed E-state index contributed by atoms with van der Waals surface area (Å²) in [5.41, 5.74) is 0. The van der Waals surface area contributed by atoms with Crippen molar-refractivity contribution < 1.29 is 19.7 Å². The first-order valence-corrected chi connectivity index (χ1v) is 3.17. The minimum Gasteiger partial charge on any atom is -0.457 e. The van der Waals surface area contributed by atoms with E-state index in [4.69, 9.17) is 10.2 Å². The Hall–Kier alpha value is -0.610. The van der Waals surface area contributed by atoms with Gasteiger partial charge in [-0.3, -0.25) is 4.79 Å². The van der Waals surface area contributed by atoms with E-state index < -0.39 is 24.3 Å². The number of carbonyl (C=O) groups is 1. The third-order valence-electron chi connectivity index (χ3n) is 1.50. The van der Waals surface area contributed by atoms with E-state index in [2.05, 4.69) is 4.74 Å². The molecule has 1 aliphatic heterocycles. The van der Waals surface area contributed by atoms with Gasteiger partial charge in [-0.25, -0.2) is 0 Å². The van der Waals surface area contributed by atoms with E-state index in [9.17, 15) is 4.79 Å². The molecule has 0 aromatic rings. The summed E-state index contributed by atoms with van der Waals surface area (Å²) in [4.78, 5) is 10.5. The summed E-state index contributed by atoms with van der Waals surface area (Å²) in [6, 6.07) is 0. The van der Waals surface area contributed by atoms with Gasteiger partial charge in [0.1, 0.15) is 6.10 Å². The van der Waals surface area contributed by atoms with Crippen molar-refractivity contribution in [3.05, 3.63) is 0 Å². The van der Waals surface area contributed by atoms with Crippen molar-refractivity contribution in [2.24, 2.45) is 0 Å². The lowest BCUT2D eigenvalue weighted by Gasteiger charge is -2.14. The predicted molar refractivity (Wildman–Crippen MR) is 32.2 cm³/mol. The summed E-state index contributed by atoms with van der Waals surface area (Å²) in [6.45, 7) is 1.48. The zero-order valence-electron chi connectivity index (χ0n) is 5.65. The topological polar surface area (TPSA) is 66.8 Å². The van der Waals surface area contributed by atoms with Crippen LogP contribution in [0.2, 0.25) is 0 Å². The fourth-order valence-electron chi connectivity index (χ4n) is 0.985. The van der Waals surface area contributed by atoms with Crippen molar-refractivity contribution in [1.29, 1.82) is 0 Å². The number of cyclic esters (lactones) is 1. The highest BCUT2D eigenvalue weighted by molar-refractivity contribution is 5.72. The molecule has 0 unspecified atom stereocenters. The summed E-state index contributed by atoms with van der Waals surface area (Å²) in [5, 5.41) is 17.9. The lowest BCUT2D eigenvalue weighted by molar-refractivity contribution is -0.146. The van der Waals surface area contributed by atoms with Gasteiger partial charge in [0, 0.05) is 0 Å². The fraction of sp³-hybridized carbons (Fsp3) is 0.833. The molecule has 3 atom stereocenters. The molecule has 58 valence electrons. The van der Waals surface area contributed by atoms with Crippen molar-refractivity contribution >= 4 is 5.97 Å². The molecule has 0 aromatic heterocycles. The molecule has 0 saturated carbocycles. The second-order valence-corrected chi connectivity index (χ2v) is 2.47. The van der Waals surface area contributed by atoms with E-state index in [0.29, 0.717) is 0 Å². The standard InChI is InChI=1S/C6H10O4/c1-3(7)6-4(8)2-5(9)10-6/h3-4,6-8H,2H2,1H3/t3-,4+,6+/m1/s1. The molecule has 2 N–H and O–H groups in total. The molecule has 0 spiro atoms. The van der Waals surface area contributed by atoms with Gasteiger partial charge in [-0.05, 0) is 6.92 Å². The number of hydrogen-bond acceptors (Lipinski definition) is 4. The van der Waals surface area contributed by atoms with Crippen molar-refractivity contribution in [1.82, 2.24) is 0 Å². The van der Waals surface area contributed by atoms with Gasteiger partial charge < -0.3 is 14.9 Å². The fourth-order valence-corrected chi connectivity index (χ4v) is 0.985. The molecule has 1 heterocycles. The Morgan fingerprint density at radius 1 is 1.80 bits per heavy atom. The van der Waals surface area contributed by atoms with Crippen LogP contribution >= 0.6 is 0 Å². The number of carbonyl (C=O) groups excluding carboxylic acids is 1. The minimum atomic E-state index is -0.840. The Kier molecular flexibility index (Phi) is 1.92. The largest absolute Gasteiger partial charge is 0.457 e. The van der Waals surface area contributed by atoms with Crippen molar-refractivity contribution in [2.75, 3.05) is 0 Å². The molecule has 1 fully saturated rings. The Morgan fingerprint density at radius 3 is 2.60 bits per heavy atom. The SMILES string of the molecule is C[C@@H](O)[C@@H]1OC(=O)C[C@@H]1O. The third-order valence-corrected chi connectivity index (χ3v) is 1.50. The molecular formula is C6H10O4. The highest BCUT2D eigenvalue weighted by Gasteiger charge is 2.36. The van der Waals surface area contributed by atoms with Gasteiger partial charge in [-0.2, -0.15) is 0 Å². The summed E-state index contributed by atoms with van der Waals surface area (Å²) in [7, 11) is 0. The van der Waals surface area contributed by atoms with Crippen LogP contribution in [0.25, 0.3) is 0 Å². The molecule has 1 rings (SSSR count). The van der Waals surface area contributed by atoms with Gasteiger partial charge in [0.15, 0.2) is 6.10 Å². The average molecular weight is 146 g/mol. The number of aliphatic hydroxyl groups excluding tert-OH is 2. The molecule has 0 bridgehead atoms. The smallest absolute Gasteiger partial charge is 0.309 e. The highest BCUT2D eigenvalue weighted by atomic mass is 16.6. The van der Waals surface area contributed by atoms with Gasteiger partial charge in [-0.15, -0.1) is 0 Å². The maximum Gasteiger partial charge on any atom is 0.309 e. The maximum absolute atomic E-state index is 10.5. The minimum absolute atomic E-state index is 0.00440. The lowest BCUT2D eigenvalue weighted by atomic mass is 10.1. The van der Waals surface area contributed by atoms with E-state index in [1.54, 1.807) is 0 Å². The second kappa shape index (κ2) is 2.56. The van der Waals surface area contributed by atoms with Crippen LogP contribution in [0.1, 0.15) is 13.3 Å². The highest BCUT2D eigenvalue weighted by Crippen LogP contribution is 2.17. The first-order chi connectivity index (χ1) is 4.61. The van der Waals surface area contributed by atoms with E-state index >= 15 is 0 Å². The van der Waals surface area contributed by atoms with Crippen LogP contribution in [0.3, 0.4) is 0 Å². The zero-order valence-corrected chi connectivity index (χ0v) is 5.65. The second-order valence-electron chi connectivity index (χ2n) is 2.47. The predicted octanol–water partition coefficient (Wildman–Crippen LogP) is -0.956. The van der Waals surface area contributed by atoms with Crippen LogP contribution in [-0.4, -0.2) is 34.5 Å². The molecule has 4 nitrogen and oxygen atoms in total. The summed E-state index contributed by atoms with van der Waals surface area (Å²) < 4.78 is 4.60. The van der Waals surface area contributed by atoms with E-state index in [-0.39, 0.29) is 6.42 Å². The Morgan fingerprint density at radius 2 is 2.40 bits per heavy atom. The Balaban J connectivity index is 2.54. The molecular weight excluding hydrogens is 136 g/mol. The number of hydrogen-bond donors (Lipinski definition) is 2. The van der Waals surface area contributed by atoms with E-state index in [0.717, 1.165) is 0 Å². The van der Waals surface area contributed by atoms with Crippen LogP contribution in [0.4, 0.5) is 0 Å². The summed E-state index contributed by atoms with van der Waals surface area (Å²) in [6.07, 6.45) is -2.36. The molecule has 4 heteroatoms. The average Bonchev–Trinajstić information content (AvgIpc) is 2.10. The number of ether oxygens (including phenoxy) is 1. The molecule has 0 aromatic carbocycles. The van der Waals surface area contributed by atoms with Gasteiger partial charge in [-0.1, -0.05) is 0 Å². The maximum atomic E-state index is 10.5. The van der Waals surface area contributed by atoms with Crippen LogP contribution in [0, 0.1) is 0 Å². The number of rotatable bonds is 1. The monoisotopic (exact) mass is 146 g/mol. The number of esters is 1. The van der Waals surface area contributed by atoms with Crippen LogP contribution in [-0.2, 0) is 9.53 Å². The van der Waals surface area contributed by atoms with Crippen LogP contribution in [0.5, 0.6) is 0 Å². The molecule has 10 heavy (non-hydrogen) atoms. The molecule has 0 aliphatic carbocycles. The summed E-state index contributed by atoms with van der Waals surface area (Å²) >= 11 is 0. The van der Waals surface area contributed by atoms with Gasteiger partial charge in [0.05, 0.1) is 12.5 Å². The molecule has 1 aliphatic rings. The normalized spacial score (nSPS) is 35.7. The Bertz CT molecular complexity index is 143. The first-order valence-electron chi connectivity index (χ1n) is 3.17. The molecule has 0 amide bonds.